The number of aliphatic imine (C=N–C) groups is 1. The molecule has 2 aromatic rings. The van der Waals surface area contributed by atoms with Gasteiger partial charge >= 0.3 is 0 Å². The van der Waals surface area contributed by atoms with E-state index in [1.165, 1.54) is 0 Å². The highest BCUT2D eigenvalue weighted by Crippen LogP contribution is 2.16. The number of sulfonamides is 1. The fraction of sp³-hybridized carbons (Fsp3) is 0.444. The molecule has 0 aliphatic rings. The summed E-state index contributed by atoms with van der Waals surface area (Å²) in [6, 6.07) is 9.96. The minimum atomic E-state index is -3.29. The van der Waals surface area contributed by atoms with Gasteiger partial charge in [-0.05, 0) is 44.5 Å². The van der Waals surface area contributed by atoms with E-state index in [0.29, 0.717) is 12.5 Å². The van der Waals surface area contributed by atoms with E-state index in [2.05, 4.69) is 31.5 Å². The Kier molecular flexibility index (Phi) is 6.61. The highest BCUT2D eigenvalue weighted by atomic mass is 32.2. The van der Waals surface area contributed by atoms with Gasteiger partial charge in [0, 0.05) is 31.5 Å². The van der Waals surface area contributed by atoms with E-state index in [1.807, 2.05) is 55.9 Å². The maximum Gasteiger partial charge on any atom is 0.209 e. The standard InChI is InChI=1S/C18H28N6O2S/c1-14(15-8-6-9-16(12-15)24-11-7-10-21-24)22-17(19-4)20-13-18(2,3)23-27(5,25)26/h6-12,14,23H,13H2,1-5H3,(H2,19,20,22). The summed E-state index contributed by atoms with van der Waals surface area (Å²) < 4.78 is 27.3. The Morgan fingerprint density at radius 1 is 1.33 bits per heavy atom. The van der Waals surface area contributed by atoms with Crippen LogP contribution in [0.5, 0.6) is 0 Å². The highest BCUT2D eigenvalue weighted by Gasteiger charge is 2.22. The van der Waals surface area contributed by atoms with Crippen molar-refractivity contribution >= 4 is 16.0 Å². The van der Waals surface area contributed by atoms with Crippen LogP contribution in [-0.2, 0) is 10.0 Å². The lowest BCUT2D eigenvalue weighted by molar-refractivity contribution is 0.445. The third-order valence-electron chi connectivity index (χ3n) is 3.88. The Morgan fingerprint density at radius 3 is 2.67 bits per heavy atom. The third-order valence-corrected chi connectivity index (χ3v) is 4.80. The number of guanidine groups is 1. The molecular weight excluding hydrogens is 364 g/mol. The first-order chi connectivity index (χ1) is 12.6. The summed E-state index contributed by atoms with van der Waals surface area (Å²) in [4.78, 5) is 4.23. The average molecular weight is 393 g/mol. The van der Waals surface area contributed by atoms with Gasteiger partial charge in [0.05, 0.1) is 18.0 Å². The fourth-order valence-corrected chi connectivity index (χ4v) is 3.76. The van der Waals surface area contributed by atoms with E-state index in [0.717, 1.165) is 17.5 Å². The van der Waals surface area contributed by atoms with Crippen LogP contribution < -0.4 is 15.4 Å². The SMILES string of the molecule is CN=C(NCC(C)(C)NS(C)(=O)=O)NC(C)c1cccc(-n2cccn2)c1. The molecule has 0 saturated heterocycles. The van der Waals surface area contributed by atoms with Crippen LogP contribution in [0, 0.1) is 0 Å². The largest absolute Gasteiger partial charge is 0.355 e. The lowest BCUT2D eigenvalue weighted by Crippen LogP contribution is -2.53. The van der Waals surface area contributed by atoms with E-state index in [4.69, 9.17) is 0 Å². The monoisotopic (exact) mass is 392 g/mol. The first kappa shape index (κ1) is 20.9. The molecule has 148 valence electrons. The van der Waals surface area contributed by atoms with Crippen molar-refractivity contribution < 1.29 is 8.42 Å². The van der Waals surface area contributed by atoms with Crippen molar-refractivity contribution in [3.63, 3.8) is 0 Å². The molecule has 1 atom stereocenters. The fourth-order valence-electron chi connectivity index (χ4n) is 2.68. The molecular formula is C18H28N6O2S. The molecule has 0 saturated carbocycles. The number of hydrogen-bond donors (Lipinski definition) is 3. The molecule has 2 rings (SSSR count). The number of nitrogens with zero attached hydrogens (tertiary/aromatic N) is 3. The van der Waals surface area contributed by atoms with Gasteiger partial charge in [-0.3, -0.25) is 4.99 Å². The zero-order chi connectivity index (χ0) is 20.1. The van der Waals surface area contributed by atoms with Crippen LogP contribution in [0.1, 0.15) is 32.4 Å². The maximum atomic E-state index is 11.5. The second-order valence-electron chi connectivity index (χ2n) is 7.10. The summed E-state index contributed by atoms with van der Waals surface area (Å²) in [5.74, 6) is 0.593. The van der Waals surface area contributed by atoms with E-state index in [9.17, 15) is 8.42 Å². The third kappa shape index (κ3) is 6.69. The van der Waals surface area contributed by atoms with Crippen LogP contribution in [0.2, 0.25) is 0 Å². The van der Waals surface area contributed by atoms with Gasteiger partial charge in [0.1, 0.15) is 0 Å². The van der Waals surface area contributed by atoms with Crippen molar-refractivity contribution in [1.82, 2.24) is 25.1 Å². The van der Waals surface area contributed by atoms with Crippen LogP contribution in [0.3, 0.4) is 0 Å². The number of aromatic nitrogens is 2. The zero-order valence-electron chi connectivity index (χ0n) is 16.4. The van der Waals surface area contributed by atoms with Crippen LogP contribution in [0.4, 0.5) is 0 Å². The first-order valence-electron chi connectivity index (χ1n) is 8.66. The number of hydrogen-bond acceptors (Lipinski definition) is 4. The second-order valence-corrected chi connectivity index (χ2v) is 8.84. The van der Waals surface area contributed by atoms with E-state index < -0.39 is 15.6 Å². The summed E-state index contributed by atoms with van der Waals surface area (Å²) in [5.41, 5.74) is 1.42. The number of benzene rings is 1. The molecule has 0 fully saturated rings. The summed E-state index contributed by atoms with van der Waals surface area (Å²) in [6.07, 6.45) is 4.79. The predicted octanol–water partition coefficient (Wildman–Crippen LogP) is 1.43. The molecule has 1 unspecified atom stereocenters. The molecule has 8 nitrogen and oxygen atoms in total. The van der Waals surface area contributed by atoms with Gasteiger partial charge < -0.3 is 10.6 Å². The van der Waals surface area contributed by atoms with Gasteiger partial charge in [0.15, 0.2) is 5.96 Å². The Morgan fingerprint density at radius 2 is 2.07 bits per heavy atom. The van der Waals surface area contributed by atoms with Crippen molar-refractivity contribution in [1.29, 1.82) is 0 Å². The summed E-state index contributed by atoms with van der Waals surface area (Å²) in [6.45, 7) is 6.05. The molecule has 27 heavy (non-hydrogen) atoms. The summed E-state index contributed by atoms with van der Waals surface area (Å²) in [7, 11) is -1.61. The topological polar surface area (TPSA) is 100 Å². The van der Waals surface area contributed by atoms with Crippen molar-refractivity contribution in [3.05, 3.63) is 48.3 Å². The molecule has 9 heteroatoms. The molecule has 0 bridgehead atoms. The molecule has 0 radical (unpaired) electrons. The summed E-state index contributed by atoms with van der Waals surface area (Å²) >= 11 is 0. The van der Waals surface area contributed by atoms with Crippen molar-refractivity contribution in [3.8, 4) is 5.69 Å². The molecule has 0 aliphatic heterocycles. The highest BCUT2D eigenvalue weighted by molar-refractivity contribution is 7.88. The van der Waals surface area contributed by atoms with E-state index in [1.54, 1.807) is 13.2 Å². The lowest BCUT2D eigenvalue weighted by atomic mass is 10.1. The Bertz CT molecular complexity index is 875. The molecule has 0 amide bonds. The smallest absolute Gasteiger partial charge is 0.209 e. The van der Waals surface area contributed by atoms with Gasteiger partial charge in [0.2, 0.25) is 10.0 Å². The van der Waals surface area contributed by atoms with Crippen LogP contribution >= 0.6 is 0 Å². The van der Waals surface area contributed by atoms with Gasteiger partial charge in [-0.15, -0.1) is 0 Å². The van der Waals surface area contributed by atoms with E-state index >= 15 is 0 Å². The van der Waals surface area contributed by atoms with Crippen molar-refractivity contribution in [2.24, 2.45) is 4.99 Å². The van der Waals surface area contributed by atoms with Gasteiger partial charge in [-0.25, -0.2) is 17.8 Å². The quantitative estimate of drug-likeness (QED) is 0.489. The molecule has 1 heterocycles. The Hall–Kier alpha value is -2.39. The zero-order valence-corrected chi connectivity index (χ0v) is 17.2. The number of nitrogens with one attached hydrogen (secondary N) is 3. The Balaban J connectivity index is 2.01. The lowest BCUT2D eigenvalue weighted by Gasteiger charge is -2.27. The van der Waals surface area contributed by atoms with Gasteiger partial charge in [-0.2, -0.15) is 5.10 Å². The Labute approximate surface area is 161 Å². The summed E-state index contributed by atoms with van der Waals surface area (Å²) in [5, 5.41) is 10.7. The van der Waals surface area contributed by atoms with Gasteiger partial charge in [-0.1, -0.05) is 12.1 Å². The minimum Gasteiger partial charge on any atom is -0.355 e. The normalized spacial score (nSPS) is 14.0. The van der Waals surface area contributed by atoms with Crippen LogP contribution in [0.25, 0.3) is 5.69 Å². The minimum absolute atomic E-state index is 0.00214. The average Bonchev–Trinajstić information content (AvgIpc) is 3.11. The van der Waals surface area contributed by atoms with Crippen LogP contribution in [-0.4, -0.2) is 49.5 Å². The van der Waals surface area contributed by atoms with Crippen molar-refractivity contribution in [2.45, 2.75) is 32.4 Å². The predicted molar refractivity (Wildman–Crippen MR) is 109 cm³/mol. The maximum absolute atomic E-state index is 11.5. The van der Waals surface area contributed by atoms with E-state index in [-0.39, 0.29) is 6.04 Å². The van der Waals surface area contributed by atoms with Crippen molar-refractivity contribution in [2.75, 3.05) is 19.8 Å². The molecule has 0 aliphatic carbocycles. The molecule has 0 spiro atoms. The molecule has 1 aromatic heterocycles. The first-order valence-corrected chi connectivity index (χ1v) is 10.5. The molecule has 1 aromatic carbocycles. The van der Waals surface area contributed by atoms with Crippen LogP contribution in [0.15, 0.2) is 47.7 Å². The second kappa shape index (κ2) is 8.53. The number of rotatable bonds is 7. The van der Waals surface area contributed by atoms with Gasteiger partial charge in [0.25, 0.3) is 0 Å². The molecule has 3 N–H and O–H groups in total.